The third-order valence-electron chi connectivity index (χ3n) is 0.919. The van der Waals surface area contributed by atoms with Crippen LogP contribution in [0.4, 0.5) is 0 Å². The molecule has 0 fully saturated rings. The SMILES string of the molecule is CC(N)=NC(=O)C(C)(C)C. The average Bonchev–Trinajstić information content (AvgIpc) is 1.60. The van der Waals surface area contributed by atoms with Gasteiger partial charge in [0.15, 0.2) is 0 Å². The van der Waals surface area contributed by atoms with E-state index in [2.05, 4.69) is 4.99 Å². The number of rotatable bonds is 0. The summed E-state index contributed by atoms with van der Waals surface area (Å²) in [5.74, 6) is 0.146. The van der Waals surface area contributed by atoms with Crippen molar-refractivity contribution in [2.75, 3.05) is 0 Å². The number of amides is 1. The number of nitrogens with two attached hydrogens (primary N) is 1. The van der Waals surface area contributed by atoms with Crippen LogP contribution in [0.25, 0.3) is 0 Å². The quantitative estimate of drug-likeness (QED) is 0.404. The fourth-order valence-electron chi connectivity index (χ4n) is 0.328. The van der Waals surface area contributed by atoms with Crippen molar-refractivity contribution in [1.82, 2.24) is 0 Å². The first-order chi connectivity index (χ1) is 4.34. The Bertz CT molecular complexity index is 161. The smallest absolute Gasteiger partial charge is 0.252 e. The largest absolute Gasteiger partial charge is 0.387 e. The molecular formula is C7H14N2O. The molecule has 0 unspecified atom stereocenters. The molecular weight excluding hydrogens is 128 g/mol. The van der Waals surface area contributed by atoms with Crippen molar-refractivity contribution in [2.24, 2.45) is 16.1 Å². The van der Waals surface area contributed by atoms with Crippen LogP contribution in [0.5, 0.6) is 0 Å². The molecule has 0 heterocycles. The Morgan fingerprint density at radius 1 is 1.40 bits per heavy atom. The van der Waals surface area contributed by atoms with E-state index in [4.69, 9.17) is 5.73 Å². The zero-order valence-electron chi connectivity index (χ0n) is 6.93. The van der Waals surface area contributed by atoms with Gasteiger partial charge in [-0.2, -0.15) is 0 Å². The van der Waals surface area contributed by atoms with Gasteiger partial charge in [0, 0.05) is 5.41 Å². The first-order valence-corrected chi connectivity index (χ1v) is 3.19. The number of carbonyl (C=O) groups excluding carboxylic acids is 1. The van der Waals surface area contributed by atoms with Gasteiger partial charge in [0.2, 0.25) is 0 Å². The molecule has 0 atom stereocenters. The molecule has 58 valence electrons. The summed E-state index contributed by atoms with van der Waals surface area (Å²) in [7, 11) is 0. The van der Waals surface area contributed by atoms with E-state index in [0.29, 0.717) is 5.84 Å². The lowest BCUT2D eigenvalue weighted by molar-refractivity contribution is -0.124. The lowest BCUT2D eigenvalue weighted by Crippen LogP contribution is -2.21. The predicted octanol–water partition coefficient (Wildman–Crippen LogP) is 0.936. The molecule has 0 aromatic rings. The second-order valence-corrected chi connectivity index (χ2v) is 3.31. The number of hydrogen-bond donors (Lipinski definition) is 1. The van der Waals surface area contributed by atoms with Crippen LogP contribution in [0.1, 0.15) is 27.7 Å². The van der Waals surface area contributed by atoms with Crippen LogP contribution >= 0.6 is 0 Å². The summed E-state index contributed by atoms with van der Waals surface area (Å²) in [6, 6.07) is 0. The summed E-state index contributed by atoms with van der Waals surface area (Å²) in [6.45, 7) is 7.02. The number of carbonyl (C=O) groups is 1. The Labute approximate surface area is 61.3 Å². The maximum absolute atomic E-state index is 11.0. The summed E-state index contributed by atoms with van der Waals surface area (Å²) in [4.78, 5) is 14.6. The van der Waals surface area contributed by atoms with E-state index in [1.807, 2.05) is 20.8 Å². The van der Waals surface area contributed by atoms with Crippen LogP contribution in [-0.4, -0.2) is 11.7 Å². The molecule has 0 bridgehead atoms. The van der Waals surface area contributed by atoms with Crippen LogP contribution in [0, 0.1) is 5.41 Å². The highest BCUT2D eigenvalue weighted by Crippen LogP contribution is 2.14. The summed E-state index contributed by atoms with van der Waals surface area (Å²) in [6.07, 6.45) is 0. The van der Waals surface area contributed by atoms with E-state index in [0.717, 1.165) is 0 Å². The standard InChI is InChI=1S/C7H14N2O/c1-5(8)9-6(10)7(2,3)4/h1-4H3,(H2,8,9,10). The highest BCUT2D eigenvalue weighted by molar-refractivity contribution is 5.94. The Hall–Kier alpha value is -0.860. The minimum absolute atomic E-state index is 0.174. The molecule has 0 aliphatic carbocycles. The van der Waals surface area contributed by atoms with Gasteiger partial charge in [-0.05, 0) is 6.92 Å². The van der Waals surface area contributed by atoms with Crippen molar-refractivity contribution >= 4 is 11.7 Å². The Morgan fingerprint density at radius 3 is 1.90 bits per heavy atom. The number of hydrogen-bond acceptors (Lipinski definition) is 1. The van der Waals surface area contributed by atoms with Crippen LogP contribution in [0.3, 0.4) is 0 Å². The second-order valence-electron chi connectivity index (χ2n) is 3.31. The maximum Gasteiger partial charge on any atom is 0.252 e. The zero-order chi connectivity index (χ0) is 8.36. The fourth-order valence-corrected chi connectivity index (χ4v) is 0.328. The number of amidine groups is 1. The number of aliphatic imine (C=N–C) groups is 1. The van der Waals surface area contributed by atoms with Gasteiger partial charge in [-0.15, -0.1) is 0 Å². The van der Waals surface area contributed by atoms with Crippen molar-refractivity contribution in [3.8, 4) is 0 Å². The molecule has 0 aliphatic rings. The summed E-state index contributed by atoms with van der Waals surface area (Å²) in [5.41, 5.74) is 4.80. The van der Waals surface area contributed by atoms with Crippen LogP contribution in [0.15, 0.2) is 4.99 Å². The summed E-state index contributed by atoms with van der Waals surface area (Å²) >= 11 is 0. The monoisotopic (exact) mass is 142 g/mol. The third-order valence-corrected chi connectivity index (χ3v) is 0.919. The lowest BCUT2D eigenvalue weighted by Gasteiger charge is -2.11. The van der Waals surface area contributed by atoms with E-state index in [-0.39, 0.29) is 5.91 Å². The summed E-state index contributed by atoms with van der Waals surface area (Å²) in [5, 5.41) is 0. The molecule has 0 aromatic carbocycles. The molecule has 1 amide bonds. The van der Waals surface area contributed by atoms with Crippen LogP contribution in [-0.2, 0) is 4.79 Å². The predicted molar refractivity (Wildman–Crippen MR) is 41.8 cm³/mol. The molecule has 10 heavy (non-hydrogen) atoms. The van der Waals surface area contributed by atoms with Crippen molar-refractivity contribution < 1.29 is 4.79 Å². The molecule has 0 aliphatic heterocycles. The average molecular weight is 142 g/mol. The highest BCUT2D eigenvalue weighted by Gasteiger charge is 2.20. The van der Waals surface area contributed by atoms with E-state index < -0.39 is 5.41 Å². The van der Waals surface area contributed by atoms with E-state index in [9.17, 15) is 4.79 Å². The molecule has 2 N–H and O–H groups in total. The molecule has 0 saturated heterocycles. The molecule has 3 heteroatoms. The first kappa shape index (κ1) is 9.14. The highest BCUT2D eigenvalue weighted by atomic mass is 16.1. The van der Waals surface area contributed by atoms with Gasteiger partial charge in [-0.25, -0.2) is 4.99 Å². The molecule has 0 spiro atoms. The molecule has 0 rings (SSSR count). The topological polar surface area (TPSA) is 55.4 Å². The van der Waals surface area contributed by atoms with Gasteiger partial charge >= 0.3 is 0 Å². The third kappa shape index (κ3) is 3.22. The van der Waals surface area contributed by atoms with Crippen LogP contribution < -0.4 is 5.73 Å². The van der Waals surface area contributed by atoms with E-state index in [1.165, 1.54) is 0 Å². The lowest BCUT2D eigenvalue weighted by atomic mass is 9.96. The minimum Gasteiger partial charge on any atom is -0.387 e. The van der Waals surface area contributed by atoms with Crippen molar-refractivity contribution in [1.29, 1.82) is 0 Å². The van der Waals surface area contributed by atoms with E-state index in [1.54, 1.807) is 6.92 Å². The normalized spacial score (nSPS) is 13.4. The van der Waals surface area contributed by atoms with Crippen molar-refractivity contribution in [3.05, 3.63) is 0 Å². The van der Waals surface area contributed by atoms with Gasteiger partial charge < -0.3 is 5.73 Å². The fraction of sp³-hybridized carbons (Fsp3) is 0.714. The van der Waals surface area contributed by atoms with Crippen LogP contribution in [0.2, 0.25) is 0 Å². The minimum atomic E-state index is -0.416. The molecule has 3 nitrogen and oxygen atoms in total. The van der Waals surface area contributed by atoms with Gasteiger partial charge in [-0.1, -0.05) is 20.8 Å². The van der Waals surface area contributed by atoms with Gasteiger partial charge in [0.1, 0.15) is 0 Å². The Kier molecular flexibility index (Phi) is 2.57. The Morgan fingerprint density at radius 2 is 1.80 bits per heavy atom. The van der Waals surface area contributed by atoms with Crippen molar-refractivity contribution in [2.45, 2.75) is 27.7 Å². The first-order valence-electron chi connectivity index (χ1n) is 3.19. The Balaban J connectivity index is 4.27. The summed E-state index contributed by atoms with van der Waals surface area (Å²) < 4.78 is 0. The zero-order valence-corrected chi connectivity index (χ0v) is 6.93. The maximum atomic E-state index is 11.0. The van der Waals surface area contributed by atoms with E-state index >= 15 is 0 Å². The van der Waals surface area contributed by atoms with Crippen molar-refractivity contribution in [3.63, 3.8) is 0 Å². The van der Waals surface area contributed by atoms with Gasteiger partial charge in [0.05, 0.1) is 5.84 Å². The van der Waals surface area contributed by atoms with Gasteiger partial charge in [-0.3, -0.25) is 4.79 Å². The molecule has 0 saturated carbocycles. The number of nitrogens with zero attached hydrogens (tertiary/aromatic N) is 1. The van der Waals surface area contributed by atoms with Gasteiger partial charge in [0.25, 0.3) is 5.91 Å². The second kappa shape index (κ2) is 2.82. The molecule has 0 aromatic heterocycles. The molecule has 0 radical (unpaired) electrons.